The molecule has 1 heterocycles. The summed E-state index contributed by atoms with van der Waals surface area (Å²) in [4.78, 5) is 2.52. The summed E-state index contributed by atoms with van der Waals surface area (Å²) in [6.45, 7) is 5.52. The lowest BCUT2D eigenvalue weighted by Crippen LogP contribution is -2.45. The van der Waals surface area contributed by atoms with Crippen LogP contribution in [0.25, 0.3) is 0 Å². The molecule has 138 valence electrons. The Morgan fingerprint density at radius 3 is 2.67 bits per heavy atom. The van der Waals surface area contributed by atoms with Crippen LogP contribution in [0.2, 0.25) is 5.02 Å². The Morgan fingerprint density at radius 2 is 1.96 bits per heavy atom. The Kier molecular flexibility index (Phi) is 9.35. The molecule has 1 saturated carbocycles. The molecule has 2 fully saturated rings. The Bertz CT molecular complexity index is 497. The molecule has 1 aromatic carbocycles. The first-order valence-electron chi connectivity index (χ1n) is 8.60. The van der Waals surface area contributed by atoms with Crippen LogP contribution in [-0.2, 0) is 5.60 Å². The second-order valence-corrected chi connectivity index (χ2v) is 7.19. The average molecular weight is 396 g/mol. The Hall–Kier alpha value is -0.0300. The van der Waals surface area contributed by atoms with Crippen molar-refractivity contribution in [2.75, 3.05) is 32.7 Å². The first-order valence-corrected chi connectivity index (χ1v) is 8.98. The van der Waals surface area contributed by atoms with Crippen LogP contribution in [0.1, 0.15) is 37.7 Å². The van der Waals surface area contributed by atoms with Gasteiger partial charge in [-0.1, -0.05) is 36.6 Å². The number of nitrogens with zero attached hydrogens (tertiary/aromatic N) is 1. The van der Waals surface area contributed by atoms with Crippen LogP contribution in [-0.4, -0.2) is 42.7 Å². The maximum absolute atomic E-state index is 11.4. The topological polar surface area (TPSA) is 35.5 Å². The lowest BCUT2D eigenvalue weighted by Gasteiger charge is -2.42. The Balaban J connectivity index is 0.00000144. The predicted molar refractivity (Wildman–Crippen MR) is 106 cm³/mol. The molecule has 3 rings (SSSR count). The van der Waals surface area contributed by atoms with Gasteiger partial charge in [0.2, 0.25) is 0 Å². The van der Waals surface area contributed by atoms with Crippen molar-refractivity contribution in [2.24, 2.45) is 5.92 Å². The highest BCUT2D eigenvalue weighted by atomic mass is 35.5. The molecule has 0 radical (unpaired) electrons. The molecule has 2 unspecified atom stereocenters. The van der Waals surface area contributed by atoms with Gasteiger partial charge in [-0.2, -0.15) is 0 Å². The second kappa shape index (κ2) is 10.2. The van der Waals surface area contributed by atoms with Gasteiger partial charge in [-0.25, -0.2) is 0 Å². The summed E-state index contributed by atoms with van der Waals surface area (Å²) in [5.41, 5.74) is 0.307. The third kappa shape index (κ3) is 5.23. The molecule has 1 saturated heterocycles. The normalized spacial score (nSPS) is 27.8. The van der Waals surface area contributed by atoms with Crippen molar-refractivity contribution >= 4 is 36.4 Å². The zero-order chi connectivity index (χ0) is 15.4. The van der Waals surface area contributed by atoms with E-state index in [2.05, 4.69) is 10.2 Å². The zero-order valence-corrected chi connectivity index (χ0v) is 16.4. The molecular weight excluding hydrogens is 367 g/mol. The lowest BCUT2D eigenvalue weighted by atomic mass is 9.70. The number of aliphatic hydroxyl groups is 1. The van der Waals surface area contributed by atoms with E-state index in [0.29, 0.717) is 5.92 Å². The van der Waals surface area contributed by atoms with Gasteiger partial charge in [0.05, 0.1) is 5.60 Å². The van der Waals surface area contributed by atoms with E-state index in [1.165, 1.54) is 6.42 Å². The van der Waals surface area contributed by atoms with Gasteiger partial charge in [0, 0.05) is 31.2 Å². The molecule has 6 heteroatoms. The summed E-state index contributed by atoms with van der Waals surface area (Å²) in [6.07, 6.45) is 5.39. The van der Waals surface area contributed by atoms with E-state index in [4.69, 9.17) is 11.6 Å². The fourth-order valence-electron chi connectivity index (χ4n) is 4.02. The van der Waals surface area contributed by atoms with E-state index in [9.17, 15) is 5.11 Å². The molecule has 24 heavy (non-hydrogen) atoms. The van der Waals surface area contributed by atoms with Crippen molar-refractivity contribution < 1.29 is 5.11 Å². The summed E-state index contributed by atoms with van der Waals surface area (Å²) in [7, 11) is 0. The van der Waals surface area contributed by atoms with Crippen LogP contribution < -0.4 is 5.32 Å². The van der Waals surface area contributed by atoms with Crippen LogP contribution >= 0.6 is 36.4 Å². The van der Waals surface area contributed by atoms with Gasteiger partial charge in [-0.3, -0.25) is 0 Å². The van der Waals surface area contributed by atoms with Crippen molar-refractivity contribution in [3.63, 3.8) is 0 Å². The molecule has 2 N–H and O–H groups in total. The zero-order valence-electron chi connectivity index (χ0n) is 14.0. The minimum absolute atomic E-state index is 0. The van der Waals surface area contributed by atoms with Gasteiger partial charge in [-0.05, 0) is 49.4 Å². The summed E-state index contributed by atoms with van der Waals surface area (Å²) in [5.74, 6) is 0.342. The third-order valence-corrected chi connectivity index (χ3v) is 5.60. The number of halogens is 3. The molecule has 2 aliphatic rings. The number of rotatable bonds is 4. The molecule has 0 aromatic heterocycles. The number of hydrogen-bond donors (Lipinski definition) is 2. The lowest BCUT2D eigenvalue weighted by molar-refractivity contribution is -0.0602. The van der Waals surface area contributed by atoms with E-state index in [1.807, 2.05) is 24.3 Å². The smallest absolute Gasteiger partial charge is 0.0925 e. The quantitative estimate of drug-likeness (QED) is 0.812. The molecular formula is C18H29Cl3N2O. The monoisotopic (exact) mass is 394 g/mol. The van der Waals surface area contributed by atoms with Crippen molar-refractivity contribution in [3.05, 3.63) is 34.9 Å². The molecule has 1 aliphatic heterocycles. The summed E-state index contributed by atoms with van der Waals surface area (Å²) >= 11 is 6.15. The van der Waals surface area contributed by atoms with Gasteiger partial charge in [0.25, 0.3) is 0 Å². The molecule has 0 amide bonds. The number of hydrogen-bond acceptors (Lipinski definition) is 3. The first-order chi connectivity index (χ1) is 10.7. The van der Waals surface area contributed by atoms with E-state index in [0.717, 1.165) is 69.0 Å². The maximum atomic E-state index is 11.4. The SMILES string of the molecule is Cl.Cl.OC1(c2cccc(Cl)c2)CCCCC1CCN1CCNCC1. The largest absolute Gasteiger partial charge is 0.385 e. The Morgan fingerprint density at radius 1 is 1.21 bits per heavy atom. The molecule has 1 aromatic rings. The molecule has 1 aliphatic carbocycles. The highest BCUT2D eigenvalue weighted by molar-refractivity contribution is 6.30. The molecule has 2 atom stereocenters. The summed E-state index contributed by atoms with van der Waals surface area (Å²) < 4.78 is 0. The standard InChI is InChI=1S/C18H27ClN2O.2ClH/c19-17-6-3-5-16(14-17)18(22)8-2-1-4-15(18)7-11-21-12-9-20-10-13-21;;/h3,5-6,14-15,20,22H,1-2,4,7-13H2;2*1H. The minimum atomic E-state index is -0.697. The van der Waals surface area contributed by atoms with Gasteiger partial charge < -0.3 is 15.3 Å². The highest BCUT2D eigenvalue weighted by Gasteiger charge is 2.40. The molecule has 3 nitrogen and oxygen atoms in total. The summed E-state index contributed by atoms with van der Waals surface area (Å²) in [6, 6.07) is 7.82. The average Bonchev–Trinajstić information content (AvgIpc) is 2.55. The van der Waals surface area contributed by atoms with Crippen LogP contribution in [0.5, 0.6) is 0 Å². The molecule has 0 bridgehead atoms. The van der Waals surface area contributed by atoms with Gasteiger partial charge in [-0.15, -0.1) is 24.8 Å². The van der Waals surface area contributed by atoms with Crippen molar-refractivity contribution in [1.29, 1.82) is 0 Å². The van der Waals surface area contributed by atoms with Crippen LogP contribution in [0.4, 0.5) is 0 Å². The van der Waals surface area contributed by atoms with Crippen LogP contribution in [0.3, 0.4) is 0 Å². The second-order valence-electron chi connectivity index (χ2n) is 6.76. The fourth-order valence-corrected chi connectivity index (χ4v) is 4.21. The van der Waals surface area contributed by atoms with Gasteiger partial charge in [0.1, 0.15) is 0 Å². The fraction of sp³-hybridized carbons (Fsp3) is 0.667. The highest BCUT2D eigenvalue weighted by Crippen LogP contribution is 2.43. The van der Waals surface area contributed by atoms with Crippen molar-refractivity contribution in [3.8, 4) is 0 Å². The predicted octanol–water partition coefficient (Wildman–Crippen LogP) is 3.86. The molecule has 0 spiro atoms. The van der Waals surface area contributed by atoms with E-state index < -0.39 is 5.60 Å². The summed E-state index contributed by atoms with van der Waals surface area (Å²) in [5, 5.41) is 15.5. The third-order valence-electron chi connectivity index (χ3n) is 5.36. The Labute approximate surface area is 163 Å². The maximum Gasteiger partial charge on any atom is 0.0925 e. The first kappa shape index (κ1) is 22.0. The van der Waals surface area contributed by atoms with Crippen molar-refractivity contribution in [2.45, 2.75) is 37.7 Å². The number of nitrogens with one attached hydrogen (secondary N) is 1. The van der Waals surface area contributed by atoms with E-state index in [-0.39, 0.29) is 24.8 Å². The van der Waals surface area contributed by atoms with Crippen LogP contribution in [0, 0.1) is 5.92 Å². The van der Waals surface area contributed by atoms with E-state index >= 15 is 0 Å². The van der Waals surface area contributed by atoms with E-state index in [1.54, 1.807) is 0 Å². The van der Waals surface area contributed by atoms with Crippen LogP contribution in [0.15, 0.2) is 24.3 Å². The minimum Gasteiger partial charge on any atom is -0.385 e. The van der Waals surface area contributed by atoms with Gasteiger partial charge in [0.15, 0.2) is 0 Å². The van der Waals surface area contributed by atoms with Gasteiger partial charge >= 0.3 is 0 Å². The number of benzene rings is 1. The van der Waals surface area contributed by atoms with Crippen molar-refractivity contribution in [1.82, 2.24) is 10.2 Å². The number of piperazine rings is 1.